The fourth-order valence-corrected chi connectivity index (χ4v) is 1.31. The number of hydrogen-bond donors (Lipinski definition) is 2. The van der Waals surface area contributed by atoms with Gasteiger partial charge in [0.2, 0.25) is 0 Å². The summed E-state index contributed by atoms with van der Waals surface area (Å²) < 4.78 is 36.5. The number of aliphatic hydroxyl groups excluding tert-OH is 1. The van der Waals surface area contributed by atoms with Crippen LogP contribution in [0.2, 0.25) is 0 Å². The molecule has 0 saturated carbocycles. The first-order valence-electron chi connectivity index (χ1n) is 4.83. The summed E-state index contributed by atoms with van der Waals surface area (Å²) in [6, 6.07) is -0.786. The topological polar surface area (TPSA) is 60.8 Å². The van der Waals surface area contributed by atoms with Crippen molar-refractivity contribution in [3.63, 3.8) is 0 Å². The predicted molar refractivity (Wildman–Crippen MR) is 51.0 cm³/mol. The minimum Gasteiger partial charge on any atom is -0.481 e. The van der Waals surface area contributed by atoms with Crippen LogP contribution in [0.15, 0.2) is 0 Å². The van der Waals surface area contributed by atoms with Gasteiger partial charge in [-0.1, -0.05) is 6.92 Å². The molecule has 0 aliphatic carbocycles. The van der Waals surface area contributed by atoms with Crippen molar-refractivity contribution in [3.05, 3.63) is 0 Å². The van der Waals surface area contributed by atoms with E-state index in [4.69, 9.17) is 10.2 Å². The fourth-order valence-electron chi connectivity index (χ4n) is 1.31. The van der Waals surface area contributed by atoms with E-state index in [1.807, 2.05) is 0 Å². The zero-order valence-electron chi connectivity index (χ0n) is 9.16. The van der Waals surface area contributed by atoms with Gasteiger partial charge in [-0.05, 0) is 6.92 Å². The summed E-state index contributed by atoms with van der Waals surface area (Å²) >= 11 is 0. The Bertz CT molecular complexity index is 233. The summed E-state index contributed by atoms with van der Waals surface area (Å²) in [5.41, 5.74) is 0. The lowest BCUT2D eigenvalue weighted by atomic mass is 10.0. The van der Waals surface area contributed by atoms with Crippen LogP contribution in [-0.2, 0) is 4.79 Å². The van der Waals surface area contributed by atoms with Crippen LogP contribution < -0.4 is 0 Å². The summed E-state index contributed by atoms with van der Waals surface area (Å²) in [6.45, 7) is 0.894. The molecule has 0 fully saturated rings. The maximum absolute atomic E-state index is 12.2. The number of alkyl halides is 3. The second kappa shape index (κ2) is 6.05. The summed E-state index contributed by atoms with van der Waals surface area (Å²) in [5.74, 6) is -2.08. The third kappa shape index (κ3) is 5.32. The van der Waals surface area contributed by atoms with Crippen molar-refractivity contribution in [2.75, 3.05) is 19.7 Å². The lowest BCUT2D eigenvalue weighted by Gasteiger charge is -2.31. The number of nitrogens with zero attached hydrogens (tertiary/aromatic N) is 1. The predicted octanol–water partition coefficient (Wildman–Crippen LogP) is 0.952. The van der Waals surface area contributed by atoms with Crippen LogP contribution >= 0.6 is 0 Å². The molecule has 0 amide bonds. The number of rotatable bonds is 6. The van der Waals surface area contributed by atoms with E-state index in [0.717, 1.165) is 4.90 Å². The fraction of sp³-hybridized carbons (Fsp3) is 0.889. The Kier molecular flexibility index (Phi) is 5.74. The number of aliphatic hydroxyl groups is 1. The molecule has 16 heavy (non-hydrogen) atoms. The van der Waals surface area contributed by atoms with Gasteiger partial charge in [-0.15, -0.1) is 0 Å². The van der Waals surface area contributed by atoms with Gasteiger partial charge in [0, 0.05) is 12.6 Å². The zero-order chi connectivity index (χ0) is 12.9. The lowest BCUT2D eigenvalue weighted by Crippen LogP contribution is -2.46. The maximum atomic E-state index is 12.2. The van der Waals surface area contributed by atoms with Crippen LogP contribution in [-0.4, -0.2) is 53.0 Å². The first-order valence-corrected chi connectivity index (χ1v) is 4.83. The summed E-state index contributed by atoms with van der Waals surface area (Å²) in [5, 5.41) is 17.3. The molecule has 0 aromatic heterocycles. The molecule has 96 valence electrons. The summed E-state index contributed by atoms with van der Waals surface area (Å²) in [7, 11) is 0. The molecule has 0 aromatic carbocycles. The largest absolute Gasteiger partial charge is 0.481 e. The highest BCUT2D eigenvalue weighted by Gasteiger charge is 2.35. The van der Waals surface area contributed by atoms with Crippen molar-refractivity contribution < 1.29 is 28.2 Å². The van der Waals surface area contributed by atoms with Gasteiger partial charge in [0.05, 0.1) is 19.1 Å². The monoisotopic (exact) mass is 243 g/mol. The van der Waals surface area contributed by atoms with Crippen LogP contribution in [0.1, 0.15) is 13.8 Å². The molecule has 0 saturated heterocycles. The smallest absolute Gasteiger partial charge is 0.401 e. The first-order chi connectivity index (χ1) is 7.19. The van der Waals surface area contributed by atoms with E-state index in [2.05, 4.69) is 0 Å². The average molecular weight is 243 g/mol. The van der Waals surface area contributed by atoms with E-state index in [-0.39, 0.29) is 6.54 Å². The molecule has 0 radical (unpaired) electrons. The molecular formula is C9H16F3NO3. The van der Waals surface area contributed by atoms with Gasteiger partial charge >= 0.3 is 12.1 Å². The van der Waals surface area contributed by atoms with Crippen molar-refractivity contribution in [2.24, 2.45) is 5.92 Å². The van der Waals surface area contributed by atoms with Gasteiger partial charge in [0.25, 0.3) is 0 Å². The minimum atomic E-state index is -4.40. The molecule has 2 N–H and O–H groups in total. The normalized spacial score (nSPS) is 16.2. The number of aliphatic carboxylic acids is 1. The second-order valence-electron chi connectivity index (χ2n) is 3.68. The Hall–Kier alpha value is -0.820. The molecular weight excluding hydrogens is 227 g/mol. The molecule has 0 aromatic rings. The Morgan fingerprint density at radius 3 is 2.19 bits per heavy atom. The second-order valence-corrected chi connectivity index (χ2v) is 3.68. The van der Waals surface area contributed by atoms with E-state index in [1.54, 1.807) is 0 Å². The van der Waals surface area contributed by atoms with Crippen molar-refractivity contribution in [2.45, 2.75) is 26.1 Å². The minimum absolute atomic E-state index is 0.196. The molecule has 2 unspecified atom stereocenters. The van der Waals surface area contributed by atoms with E-state index in [9.17, 15) is 18.0 Å². The highest BCUT2D eigenvalue weighted by Crippen LogP contribution is 2.20. The zero-order valence-corrected chi connectivity index (χ0v) is 9.16. The third-order valence-corrected chi connectivity index (χ3v) is 2.46. The van der Waals surface area contributed by atoms with Crippen LogP contribution in [0.3, 0.4) is 0 Å². The highest BCUT2D eigenvalue weighted by atomic mass is 19.4. The molecule has 0 rings (SSSR count). The van der Waals surface area contributed by atoms with Crippen molar-refractivity contribution in [3.8, 4) is 0 Å². The Morgan fingerprint density at radius 1 is 1.38 bits per heavy atom. The highest BCUT2D eigenvalue weighted by molar-refractivity contribution is 5.70. The van der Waals surface area contributed by atoms with Gasteiger partial charge < -0.3 is 10.2 Å². The van der Waals surface area contributed by atoms with Gasteiger partial charge in [-0.25, -0.2) is 0 Å². The molecule has 2 atom stereocenters. The molecule has 4 nitrogen and oxygen atoms in total. The van der Waals surface area contributed by atoms with Crippen LogP contribution in [0, 0.1) is 5.92 Å². The van der Waals surface area contributed by atoms with Crippen LogP contribution in [0.5, 0.6) is 0 Å². The molecule has 0 bridgehead atoms. The SMILES string of the molecule is CC(C(=O)O)C(C)N(CCO)CC(F)(F)F. The van der Waals surface area contributed by atoms with E-state index in [0.29, 0.717) is 0 Å². The number of halogens is 3. The number of carbonyl (C=O) groups is 1. The summed E-state index contributed by atoms with van der Waals surface area (Å²) in [6.07, 6.45) is -4.40. The lowest BCUT2D eigenvalue weighted by molar-refractivity contribution is -0.159. The Morgan fingerprint density at radius 2 is 1.88 bits per heavy atom. The number of carboxylic acid groups (broad SMARTS) is 1. The Balaban J connectivity index is 4.57. The molecule has 0 aliphatic rings. The summed E-state index contributed by atoms with van der Waals surface area (Å²) in [4.78, 5) is 11.6. The van der Waals surface area contributed by atoms with E-state index in [1.165, 1.54) is 13.8 Å². The molecule has 0 heterocycles. The van der Waals surface area contributed by atoms with Crippen molar-refractivity contribution in [1.82, 2.24) is 4.90 Å². The van der Waals surface area contributed by atoms with Gasteiger partial charge in [-0.3, -0.25) is 9.69 Å². The number of hydrogen-bond acceptors (Lipinski definition) is 3. The maximum Gasteiger partial charge on any atom is 0.401 e. The standard InChI is InChI=1S/C9H16F3NO3/c1-6(8(15)16)7(2)13(3-4-14)5-9(10,11)12/h6-7,14H,3-5H2,1-2H3,(H,15,16). The van der Waals surface area contributed by atoms with Gasteiger partial charge in [0.1, 0.15) is 0 Å². The van der Waals surface area contributed by atoms with E-state index < -0.39 is 37.3 Å². The number of carboxylic acids is 1. The first kappa shape index (κ1) is 15.2. The molecule has 0 spiro atoms. The average Bonchev–Trinajstić information content (AvgIpc) is 2.12. The third-order valence-electron chi connectivity index (χ3n) is 2.46. The van der Waals surface area contributed by atoms with Crippen LogP contribution in [0.25, 0.3) is 0 Å². The van der Waals surface area contributed by atoms with Gasteiger partial charge in [0.15, 0.2) is 0 Å². The molecule has 0 aliphatic heterocycles. The molecule has 7 heteroatoms. The van der Waals surface area contributed by atoms with Crippen molar-refractivity contribution in [1.29, 1.82) is 0 Å². The van der Waals surface area contributed by atoms with Gasteiger partial charge in [-0.2, -0.15) is 13.2 Å². The Labute approximate surface area is 91.7 Å². The quantitative estimate of drug-likeness (QED) is 0.729. The van der Waals surface area contributed by atoms with Crippen molar-refractivity contribution >= 4 is 5.97 Å². The van der Waals surface area contributed by atoms with Crippen LogP contribution in [0.4, 0.5) is 13.2 Å². The van der Waals surface area contributed by atoms with E-state index >= 15 is 0 Å².